The van der Waals surface area contributed by atoms with E-state index < -0.39 is 0 Å². The summed E-state index contributed by atoms with van der Waals surface area (Å²) in [6, 6.07) is 8.74. The SMILES string of the molecule is CCC1CNCC2(CCc3ccccc32)O1. The highest BCUT2D eigenvalue weighted by Crippen LogP contribution is 2.41. The Bertz CT molecular complexity index is 386. The molecule has 2 unspecified atom stereocenters. The van der Waals surface area contributed by atoms with E-state index in [9.17, 15) is 0 Å². The Morgan fingerprint density at radius 1 is 1.44 bits per heavy atom. The molecule has 1 aliphatic carbocycles. The molecular formula is C14H19NO. The van der Waals surface area contributed by atoms with Gasteiger partial charge in [-0.15, -0.1) is 0 Å². The van der Waals surface area contributed by atoms with Gasteiger partial charge in [0.1, 0.15) is 5.60 Å². The third-order valence-electron chi connectivity index (χ3n) is 3.94. The van der Waals surface area contributed by atoms with Gasteiger partial charge in [-0.2, -0.15) is 0 Å². The zero-order chi connectivity index (χ0) is 11.0. The van der Waals surface area contributed by atoms with E-state index in [2.05, 4.69) is 36.5 Å². The lowest BCUT2D eigenvalue weighted by atomic mass is 9.93. The summed E-state index contributed by atoms with van der Waals surface area (Å²) in [6.07, 6.45) is 3.76. The van der Waals surface area contributed by atoms with E-state index in [0.717, 1.165) is 32.4 Å². The molecule has 2 heteroatoms. The van der Waals surface area contributed by atoms with Crippen molar-refractivity contribution in [1.82, 2.24) is 5.32 Å². The third-order valence-corrected chi connectivity index (χ3v) is 3.94. The molecule has 3 rings (SSSR count). The standard InChI is InChI=1S/C14H19NO/c1-2-12-9-15-10-14(16-12)8-7-11-5-3-4-6-13(11)14/h3-6,12,15H,2,7-10H2,1H3. The molecule has 1 heterocycles. The van der Waals surface area contributed by atoms with Gasteiger partial charge in [0, 0.05) is 13.1 Å². The minimum Gasteiger partial charge on any atom is -0.364 e. The van der Waals surface area contributed by atoms with E-state index in [1.54, 1.807) is 0 Å². The maximum atomic E-state index is 6.35. The fourth-order valence-electron chi connectivity index (χ4n) is 3.03. The van der Waals surface area contributed by atoms with Crippen LogP contribution in [0, 0.1) is 0 Å². The number of rotatable bonds is 1. The fourth-order valence-corrected chi connectivity index (χ4v) is 3.03. The second-order valence-corrected chi connectivity index (χ2v) is 4.93. The second-order valence-electron chi connectivity index (χ2n) is 4.93. The summed E-state index contributed by atoms with van der Waals surface area (Å²) in [5.41, 5.74) is 2.86. The molecule has 0 bridgehead atoms. The topological polar surface area (TPSA) is 21.3 Å². The van der Waals surface area contributed by atoms with Crippen molar-refractivity contribution >= 4 is 0 Å². The number of ether oxygens (including phenoxy) is 1. The molecule has 1 fully saturated rings. The molecule has 1 aromatic carbocycles. The van der Waals surface area contributed by atoms with Crippen molar-refractivity contribution in [1.29, 1.82) is 0 Å². The van der Waals surface area contributed by atoms with Crippen LogP contribution in [0.5, 0.6) is 0 Å². The van der Waals surface area contributed by atoms with E-state index >= 15 is 0 Å². The summed E-state index contributed by atoms with van der Waals surface area (Å²) < 4.78 is 6.35. The number of nitrogens with one attached hydrogen (secondary N) is 1. The molecular weight excluding hydrogens is 198 g/mol. The minimum absolute atomic E-state index is 0.0322. The average Bonchev–Trinajstić information content (AvgIpc) is 2.69. The Morgan fingerprint density at radius 3 is 3.19 bits per heavy atom. The van der Waals surface area contributed by atoms with E-state index in [1.165, 1.54) is 11.1 Å². The van der Waals surface area contributed by atoms with Crippen LogP contribution in [0.15, 0.2) is 24.3 Å². The lowest BCUT2D eigenvalue weighted by Gasteiger charge is -2.39. The molecule has 1 spiro atoms. The van der Waals surface area contributed by atoms with Gasteiger partial charge in [0.25, 0.3) is 0 Å². The Balaban J connectivity index is 1.95. The molecule has 1 aliphatic heterocycles. The van der Waals surface area contributed by atoms with Crippen molar-refractivity contribution in [2.24, 2.45) is 0 Å². The lowest BCUT2D eigenvalue weighted by molar-refractivity contribution is -0.121. The van der Waals surface area contributed by atoms with Gasteiger partial charge in [0.2, 0.25) is 0 Å². The van der Waals surface area contributed by atoms with Crippen molar-refractivity contribution in [3.8, 4) is 0 Å². The summed E-state index contributed by atoms with van der Waals surface area (Å²) in [5, 5.41) is 3.53. The summed E-state index contributed by atoms with van der Waals surface area (Å²) >= 11 is 0. The van der Waals surface area contributed by atoms with Gasteiger partial charge < -0.3 is 10.1 Å². The number of fused-ring (bicyclic) bond motifs is 2. The molecule has 86 valence electrons. The maximum absolute atomic E-state index is 6.35. The quantitative estimate of drug-likeness (QED) is 0.779. The van der Waals surface area contributed by atoms with Crippen LogP contribution in [0.25, 0.3) is 0 Å². The zero-order valence-electron chi connectivity index (χ0n) is 9.83. The van der Waals surface area contributed by atoms with Crippen LogP contribution in [-0.2, 0) is 16.8 Å². The van der Waals surface area contributed by atoms with E-state index in [4.69, 9.17) is 4.74 Å². The Hall–Kier alpha value is -0.860. The molecule has 2 atom stereocenters. The summed E-state index contributed by atoms with van der Waals surface area (Å²) in [5.74, 6) is 0. The highest BCUT2D eigenvalue weighted by molar-refractivity contribution is 5.38. The summed E-state index contributed by atoms with van der Waals surface area (Å²) in [7, 11) is 0. The first-order valence-corrected chi connectivity index (χ1v) is 6.31. The molecule has 0 amide bonds. The van der Waals surface area contributed by atoms with Gasteiger partial charge in [-0.1, -0.05) is 31.2 Å². The number of hydrogen-bond acceptors (Lipinski definition) is 2. The zero-order valence-corrected chi connectivity index (χ0v) is 9.83. The van der Waals surface area contributed by atoms with Crippen molar-refractivity contribution in [3.63, 3.8) is 0 Å². The predicted molar refractivity (Wildman–Crippen MR) is 64.5 cm³/mol. The van der Waals surface area contributed by atoms with Gasteiger partial charge in [0.15, 0.2) is 0 Å². The van der Waals surface area contributed by atoms with Crippen molar-refractivity contribution in [2.75, 3.05) is 13.1 Å². The average molecular weight is 217 g/mol. The number of benzene rings is 1. The van der Waals surface area contributed by atoms with Gasteiger partial charge in [-0.05, 0) is 30.4 Å². The molecule has 1 aromatic rings. The molecule has 0 aromatic heterocycles. The van der Waals surface area contributed by atoms with Crippen LogP contribution < -0.4 is 5.32 Å². The van der Waals surface area contributed by atoms with Crippen molar-refractivity contribution in [3.05, 3.63) is 35.4 Å². The third kappa shape index (κ3) is 1.48. The first kappa shape index (κ1) is 10.3. The maximum Gasteiger partial charge on any atom is 0.106 e. The summed E-state index contributed by atoms with van der Waals surface area (Å²) in [4.78, 5) is 0. The van der Waals surface area contributed by atoms with Crippen LogP contribution >= 0.6 is 0 Å². The van der Waals surface area contributed by atoms with Gasteiger partial charge in [0.05, 0.1) is 6.10 Å². The second kappa shape index (κ2) is 3.86. The monoisotopic (exact) mass is 217 g/mol. The molecule has 2 nitrogen and oxygen atoms in total. The largest absolute Gasteiger partial charge is 0.364 e. The van der Waals surface area contributed by atoms with E-state index in [1.807, 2.05) is 0 Å². The van der Waals surface area contributed by atoms with Crippen LogP contribution in [0.1, 0.15) is 30.9 Å². The van der Waals surface area contributed by atoms with E-state index in [0.29, 0.717) is 6.10 Å². The molecule has 1 saturated heterocycles. The highest BCUT2D eigenvalue weighted by atomic mass is 16.5. The Morgan fingerprint density at radius 2 is 2.31 bits per heavy atom. The van der Waals surface area contributed by atoms with Gasteiger partial charge >= 0.3 is 0 Å². The normalized spacial score (nSPS) is 32.9. The number of hydrogen-bond donors (Lipinski definition) is 1. The molecule has 2 aliphatic rings. The van der Waals surface area contributed by atoms with Crippen LogP contribution in [0.2, 0.25) is 0 Å². The first-order chi connectivity index (χ1) is 7.84. The molecule has 0 radical (unpaired) electrons. The van der Waals surface area contributed by atoms with Crippen molar-refractivity contribution in [2.45, 2.75) is 37.9 Å². The number of aryl methyl sites for hydroxylation is 1. The van der Waals surface area contributed by atoms with E-state index in [-0.39, 0.29) is 5.60 Å². The molecule has 0 saturated carbocycles. The Kier molecular flexibility index (Phi) is 2.49. The smallest absolute Gasteiger partial charge is 0.106 e. The minimum atomic E-state index is -0.0322. The van der Waals surface area contributed by atoms with Gasteiger partial charge in [-0.3, -0.25) is 0 Å². The molecule has 1 N–H and O–H groups in total. The van der Waals surface area contributed by atoms with Crippen LogP contribution in [0.4, 0.5) is 0 Å². The predicted octanol–water partition coefficient (Wildman–Crippen LogP) is 2.23. The van der Waals surface area contributed by atoms with Crippen LogP contribution in [0.3, 0.4) is 0 Å². The lowest BCUT2D eigenvalue weighted by Crippen LogP contribution is -2.50. The molecule has 16 heavy (non-hydrogen) atoms. The first-order valence-electron chi connectivity index (χ1n) is 6.31. The van der Waals surface area contributed by atoms with Crippen molar-refractivity contribution < 1.29 is 4.74 Å². The number of morpholine rings is 1. The van der Waals surface area contributed by atoms with Crippen LogP contribution in [-0.4, -0.2) is 19.2 Å². The van der Waals surface area contributed by atoms with Gasteiger partial charge in [-0.25, -0.2) is 0 Å². The Labute approximate surface area is 97.0 Å². The highest BCUT2D eigenvalue weighted by Gasteiger charge is 2.42. The fraction of sp³-hybridized carbons (Fsp3) is 0.571. The summed E-state index contributed by atoms with van der Waals surface area (Å²) in [6.45, 7) is 4.17.